The molecule has 0 aliphatic heterocycles. The second-order valence-corrected chi connectivity index (χ2v) is 5.80. The standard InChI is InChI=1S/C19H26O3/c1-5-10-16(6-2)17(13-15-11-8-7-9-12-15)18(20)19(21)22-14(3)4/h6-9,11-12,14,16-17H,2,5,10,13H2,1,3-4H3/t16-,17-/m1/s1. The third kappa shape index (κ3) is 5.47. The number of rotatable bonds is 9. The van der Waals surface area contributed by atoms with Gasteiger partial charge in [-0.1, -0.05) is 49.8 Å². The summed E-state index contributed by atoms with van der Waals surface area (Å²) in [7, 11) is 0. The first kappa shape index (κ1) is 18.1. The van der Waals surface area contributed by atoms with E-state index in [4.69, 9.17) is 4.74 Å². The van der Waals surface area contributed by atoms with E-state index in [1.165, 1.54) is 0 Å². The van der Waals surface area contributed by atoms with Gasteiger partial charge in [0.05, 0.1) is 6.10 Å². The van der Waals surface area contributed by atoms with Gasteiger partial charge >= 0.3 is 5.97 Å². The van der Waals surface area contributed by atoms with Crippen molar-refractivity contribution in [2.75, 3.05) is 0 Å². The number of hydrogen-bond acceptors (Lipinski definition) is 3. The molecule has 0 aliphatic rings. The van der Waals surface area contributed by atoms with Crippen LogP contribution in [0.15, 0.2) is 43.0 Å². The van der Waals surface area contributed by atoms with E-state index in [1.807, 2.05) is 30.3 Å². The first-order valence-corrected chi connectivity index (χ1v) is 7.90. The van der Waals surface area contributed by atoms with Crippen LogP contribution < -0.4 is 0 Å². The first-order chi connectivity index (χ1) is 10.5. The van der Waals surface area contributed by atoms with Crippen LogP contribution in [0.4, 0.5) is 0 Å². The minimum Gasteiger partial charge on any atom is -0.457 e. The number of ether oxygens (including phenoxy) is 1. The van der Waals surface area contributed by atoms with Crippen LogP contribution in [-0.4, -0.2) is 17.9 Å². The topological polar surface area (TPSA) is 43.4 Å². The summed E-state index contributed by atoms with van der Waals surface area (Å²) >= 11 is 0. The van der Waals surface area contributed by atoms with Gasteiger partial charge in [0, 0.05) is 5.92 Å². The van der Waals surface area contributed by atoms with Gasteiger partial charge in [0.15, 0.2) is 0 Å². The molecular formula is C19H26O3. The summed E-state index contributed by atoms with van der Waals surface area (Å²) in [5.74, 6) is -1.61. The summed E-state index contributed by atoms with van der Waals surface area (Å²) in [6, 6.07) is 9.75. The van der Waals surface area contributed by atoms with Gasteiger partial charge in [-0.15, -0.1) is 6.58 Å². The maximum absolute atomic E-state index is 12.5. The zero-order chi connectivity index (χ0) is 16.5. The fraction of sp³-hybridized carbons (Fsp3) is 0.474. The first-order valence-electron chi connectivity index (χ1n) is 7.90. The van der Waals surface area contributed by atoms with Crippen molar-refractivity contribution >= 4 is 11.8 Å². The average Bonchev–Trinajstić information content (AvgIpc) is 2.50. The molecule has 120 valence electrons. The Morgan fingerprint density at radius 2 is 1.86 bits per heavy atom. The monoisotopic (exact) mass is 302 g/mol. The van der Waals surface area contributed by atoms with Gasteiger partial charge in [0.1, 0.15) is 0 Å². The van der Waals surface area contributed by atoms with Crippen LogP contribution in [0.5, 0.6) is 0 Å². The fourth-order valence-corrected chi connectivity index (χ4v) is 2.55. The minimum absolute atomic E-state index is 0.0163. The van der Waals surface area contributed by atoms with Crippen molar-refractivity contribution in [2.24, 2.45) is 11.8 Å². The molecule has 1 aromatic rings. The Labute approximate surface area is 133 Å². The molecule has 3 heteroatoms. The number of esters is 1. The van der Waals surface area contributed by atoms with Gasteiger partial charge in [-0.05, 0) is 38.2 Å². The third-order valence-electron chi connectivity index (χ3n) is 3.62. The summed E-state index contributed by atoms with van der Waals surface area (Å²) < 4.78 is 5.08. The predicted molar refractivity (Wildman–Crippen MR) is 88.5 cm³/mol. The minimum atomic E-state index is -0.737. The van der Waals surface area contributed by atoms with Crippen LogP contribution in [0.1, 0.15) is 39.2 Å². The van der Waals surface area contributed by atoms with E-state index >= 15 is 0 Å². The number of carbonyl (C=O) groups is 2. The van der Waals surface area contributed by atoms with Crippen LogP contribution >= 0.6 is 0 Å². The summed E-state index contributed by atoms with van der Waals surface area (Å²) in [6.07, 6.45) is 3.80. The van der Waals surface area contributed by atoms with E-state index in [2.05, 4.69) is 13.5 Å². The van der Waals surface area contributed by atoms with Gasteiger partial charge in [0.25, 0.3) is 0 Å². The molecule has 0 heterocycles. The summed E-state index contributed by atoms with van der Waals surface area (Å²) in [5.41, 5.74) is 1.04. The molecule has 0 spiro atoms. The lowest BCUT2D eigenvalue weighted by atomic mass is 9.81. The van der Waals surface area contributed by atoms with Crippen molar-refractivity contribution in [2.45, 2.75) is 46.1 Å². The van der Waals surface area contributed by atoms with E-state index < -0.39 is 17.7 Å². The van der Waals surface area contributed by atoms with Crippen LogP contribution in [0.2, 0.25) is 0 Å². The molecule has 0 unspecified atom stereocenters. The number of ketones is 1. The number of carbonyl (C=O) groups excluding carboxylic acids is 2. The second-order valence-electron chi connectivity index (χ2n) is 5.80. The van der Waals surface area contributed by atoms with Gasteiger partial charge in [-0.3, -0.25) is 4.79 Å². The summed E-state index contributed by atoms with van der Waals surface area (Å²) in [5, 5.41) is 0. The second kappa shape index (κ2) is 9.19. The lowest BCUT2D eigenvalue weighted by Crippen LogP contribution is -2.33. The van der Waals surface area contributed by atoms with Crippen molar-refractivity contribution in [1.29, 1.82) is 0 Å². The third-order valence-corrected chi connectivity index (χ3v) is 3.62. The van der Waals surface area contributed by atoms with Crippen molar-refractivity contribution in [3.63, 3.8) is 0 Å². The average molecular weight is 302 g/mol. The van der Waals surface area contributed by atoms with E-state index in [1.54, 1.807) is 19.9 Å². The van der Waals surface area contributed by atoms with Crippen LogP contribution in [0.25, 0.3) is 0 Å². The van der Waals surface area contributed by atoms with Gasteiger partial charge < -0.3 is 4.74 Å². The fourth-order valence-electron chi connectivity index (χ4n) is 2.55. The molecule has 0 aliphatic carbocycles. The lowest BCUT2D eigenvalue weighted by Gasteiger charge is -2.23. The SMILES string of the molecule is C=C[C@H](CCC)[C@@H](Cc1ccccc1)C(=O)C(=O)OC(C)C. The van der Waals surface area contributed by atoms with E-state index in [9.17, 15) is 9.59 Å². The molecule has 0 aromatic heterocycles. The Bertz CT molecular complexity index is 491. The molecule has 0 saturated carbocycles. The zero-order valence-corrected chi connectivity index (χ0v) is 13.7. The highest BCUT2D eigenvalue weighted by atomic mass is 16.5. The largest absolute Gasteiger partial charge is 0.457 e. The number of allylic oxidation sites excluding steroid dienone is 1. The van der Waals surface area contributed by atoms with Crippen molar-refractivity contribution in [3.05, 3.63) is 48.6 Å². The maximum atomic E-state index is 12.5. The smallest absolute Gasteiger partial charge is 0.375 e. The Hall–Kier alpha value is -1.90. The Kier molecular flexibility index (Phi) is 7.58. The van der Waals surface area contributed by atoms with Crippen molar-refractivity contribution in [1.82, 2.24) is 0 Å². The number of Topliss-reactive ketones (excluding diaryl/α,β-unsaturated/α-hetero) is 1. The molecule has 0 saturated heterocycles. The predicted octanol–water partition coefficient (Wildman–Crippen LogP) is 3.97. The van der Waals surface area contributed by atoms with Crippen LogP contribution in [-0.2, 0) is 20.7 Å². The molecule has 1 aromatic carbocycles. The highest BCUT2D eigenvalue weighted by Crippen LogP contribution is 2.25. The molecule has 2 atom stereocenters. The molecular weight excluding hydrogens is 276 g/mol. The molecule has 0 N–H and O–H groups in total. The normalized spacial score (nSPS) is 13.5. The van der Waals surface area contributed by atoms with Gasteiger partial charge in [-0.25, -0.2) is 4.79 Å². The highest BCUT2D eigenvalue weighted by molar-refractivity contribution is 6.34. The molecule has 0 bridgehead atoms. The molecule has 0 amide bonds. The highest BCUT2D eigenvalue weighted by Gasteiger charge is 2.32. The van der Waals surface area contributed by atoms with E-state index in [-0.39, 0.29) is 12.0 Å². The maximum Gasteiger partial charge on any atom is 0.375 e. The Morgan fingerprint density at radius 3 is 2.36 bits per heavy atom. The molecule has 0 radical (unpaired) electrons. The summed E-state index contributed by atoms with van der Waals surface area (Å²) in [6.45, 7) is 9.39. The van der Waals surface area contributed by atoms with E-state index in [0.29, 0.717) is 6.42 Å². The number of hydrogen-bond donors (Lipinski definition) is 0. The Balaban J connectivity index is 2.96. The number of benzene rings is 1. The van der Waals surface area contributed by atoms with Crippen LogP contribution in [0.3, 0.4) is 0 Å². The van der Waals surface area contributed by atoms with Gasteiger partial charge in [0.2, 0.25) is 5.78 Å². The zero-order valence-electron chi connectivity index (χ0n) is 13.7. The van der Waals surface area contributed by atoms with E-state index in [0.717, 1.165) is 18.4 Å². The van der Waals surface area contributed by atoms with Crippen molar-refractivity contribution < 1.29 is 14.3 Å². The summed E-state index contributed by atoms with van der Waals surface area (Å²) in [4.78, 5) is 24.5. The Morgan fingerprint density at radius 1 is 1.23 bits per heavy atom. The van der Waals surface area contributed by atoms with Crippen molar-refractivity contribution in [3.8, 4) is 0 Å². The molecule has 3 nitrogen and oxygen atoms in total. The molecule has 22 heavy (non-hydrogen) atoms. The quantitative estimate of drug-likeness (QED) is 0.394. The van der Waals surface area contributed by atoms with Gasteiger partial charge in [-0.2, -0.15) is 0 Å². The molecule has 1 rings (SSSR count). The lowest BCUT2D eigenvalue weighted by molar-refractivity contribution is -0.159. The molecule has 0 fully saturated rings. The van der Waals surface area contributed by atoms with Crippen LogP contribution in [0, 0.1) is 11.8 Å².